The molecule has 0 aromatic heterocycles. The normalized spacial score (nSPS) is 20.9. The van der Waals surface area contributed by atoms with Gasteiger partial charge in [0.2, 0.25) is 0 Å². The molecule has 0 radical (unpaired) electrons. The molecule has 1 saturated heterocycles. The third-order valence-corrected chi connectivity index (χ3v) is 4.48. The van der Waals surface area contributed by atoms with Crippen molar-refractivity contribution in [3.8, 4) is 0 Å². The lowest BCUT2D eigenvalue weighted by atomic mass is 9.96. The number of aliphatic hydroxyl groups is 1. The number of nitrogens with one attached hydrogen (secondary N) is 1. The highest BCUT2D eigenvalue weighted by Crippen LogP contribution is 2.13. The topological polar surface area (TPSA) is 42.0 Å². The van der Waals surface area contributed by atoms with Gasteiger partial charge in [-0.1, -0.05) is 6.92 Å². The number of aliphatic hydroxyl groups excluding tert-OH is 1. The van der Waals surface area contributed by atoms with Gasteiger partial charge in [0.15, 0.2) is 0 Å². The van der Waals surface area contributed by atoms with Crippen LogP contribution in [0, 0.1) is 0 Å². The summed E-state index contributed by atoms with van der Waals surface area (Å²) >= 11 is 0. The van der Waals surface area contributed by atoms with Gasteiger partial charge in [-0.05, 0) is 47.0 Å². The Balaban J connectivity index is 2.15. The molecule has 21 heavy (non-hydrogen) atoms. The molecule has 0 amide bonds. The molecular formula is C16H36N4O. The maximum atomic E-state index is 9.51. The Labute approximate surface area is 131 Å². The molecule has 1 aliphatic rings. The van der Waals surface area contributed by atoms with Gasteiger partial charge in [-0.25, -0.2) is 0 Å². The van der Waals surface area contributed by atoms with Gasteiger partial charge in [-0.15, -0.1) is 0 Å². The molecular weight excluding hydrogens is 264 g/mol. The van der Waals surface area contributed by atoms with Gasteiger partial charge in [0, 0.05) is 44.8 Å². The van der Waals surface area contributed by atoms with E-state index in [1.807, 2.05) is 0 Å². The Morgan fingerprint density at radius 2 is 1.67 bits per heavy atom. The van der Waals surface area contributed by atoms with E-state index in [2.05, 4.69) is 48.0 Å². The summed E-state index contributed by atoms with van der Waals surface area (Å²) in [5, 5.41) is 12.9. The quantitative estimate of drug-likeness (QED) is 0.608. The first-order valence-corrected chi connectivity index (χ1v) is 8.44. The molecule has 1 heterocycles. The van der Waals surface area contributed by atoms with Crippen LogP contribution in [0.4, 0.5) is 0 Å². The van der Waals surface area contributed by atoms with Crippen molar-refractivity contribution in [1.82, 2.24) is 20.0 Å². The zero-order chi connectivity index (χ0) is 15.7. The summed E-state index contributed by atoms with van der Waals surface area (Å²) < 4.78 is 0. The van der Waals surface area contributed by atoms with Crippen molar-refractivity contribution in [2.24, 2.45) is 0 Å². The molecule has 0 saturated carbocycles. The smallest absolute Gasteiger partial charge is 0.0610 e. The minimum Gasteiger partial charge on any atom is -0.394 e. The van der Waals surface area contributed by atoms with Crippen LogP contribution in [0.25, 0.3) is 0 Å². The molecule has 126 valence electrons. The summed E-state index contributed by atoms with van der Waals surface area (Å²) in [6, 6.07) is 0. The van der Waals surface area contributed by atoms with Gasteiger partial charge in [0.1, 0.15) is 0 Å². The van der Waals surface area contributed by atoms with E-state index in [1.54, 1.807) is 0 Å². The molecule has 1 unspecified atom stereocenters. The lowest BCUT2D eigenvalue weighted by molar-refractivity contribution is 0.116. The molecule has 1 atom stereocenters. The van der Waals surface area contributed by atoms with Crippen LogP contribution in [0.1, 0.15) is 26.7 Å². The molecule has 0 aromatic rings. The number of hydrogen-bond donors (Lipinski definition) is 2. The zero-order valence-corrected chi connectivity index (χ0v) is 14.6. The van der Waals surface area contributed by atoms with E-state index in [-0.39, 0.29) is 12.1 Å². The molecule has 0 bridgehead atoms. The van der Waals surface area contributed by atoms with Crippen LogP contribution < -0.4 is 5.32 Å². The molecule has 1 rings (SSSR count). The summed E-state index contributed by atoms with van der Waals surface area (Å²) in [4.78, 5) is 7.38. The van der Waals surface area contributed by atoms with Crippen molar-refractivity contribution in [3.05, 3.63) is 0 Å². The highest BCUT2D eigenvalue weighted by atomic mass is 16.3. The van der Waals surface area contributed by atoms with E-state index in [0.29, 0.717) is 0 Å². The SMILES string of the molecule is CCNC(C)(CO)CCCN1CCN(CCN(C)C)CC1. The predicted octanol–water partition coefficient (Wildman–Crippen LogP) is 0.306. The monoisotopic (exact) mass is 300 g/mol. The summed E-state index contributed by atoms with van der Waals surface area (Å²) in [5.74, 6) is 0. The lowest BCUT2D eigenvalue weighted by Gasteiger charge is -2.36. The second kappa shape index (κ2) is 9.74. The number of likely N-dealkylation sites (N-methyl/N-ethyl adjacent to an activating group) is 2. The molecule has 0 aliphatic carbocycles. The van der Waals surface area contributed by atoms with E-state index >= 15 is 0 Å². The minimum atomic E-state index is -0.109. The minimum absolute atomic E-state index is 0.109. The number of piperazine rings is 1. The summed E-state index contributed by atoms with van der Waals surface area (Å²) in [6.07, 6.45) is 2.19. The summed E-state index contributed by atoms with van der Waals surface area (Å²) in [5.41, 5.74) is -0.109. The van der Waals surface area contributed by atoms with Crippen LogP contribution in [0.3, 0.4) is 0 Å². The Bertz CT molecular complexity index is 267. The molecule has 5 heteroatoms. The molecule has 0 spiro atoms. The van der Waals surface area contributed by atoms with E-state index in [9.17, 15) is 5.11 Å². The van der Waals surface area contributed by atoms with Gasteiger partial charge in [-0.3, -0.25) is 4.90 Å². The summed E-state index contributed by atoms with van der Waals surface area (Å²) in [7, 11) is 4.28. The fourth-order valence-corrected chi connectivity index (χ4v) is 2.92. The van der Waals surface area contributed by atoms with E-state index in [0.717, 1.165) is 32.5 Å². The first-order valence-electron chi connectivity index (χ1n) is 8.44. The van der Waals surface area contributed by atoms with Crippen molar-refractivity contribution < 1.29 is 5.11 Å². The average Bonchev–Trinajstić information content (AvgIpc) is 2.46. The fraction of sp³-hybridized carbons (Fsp3) is 1.00. The van der Waals surface area contributed by atoms with Crippen LogP contribution in [0.2, 0.25) is 0 Å². The van der Waals surface area contributed by atoms with Crippen LogP contribution >= 0.6 is 0 Å². The van der Waals surface area contributed by atoms with Crippen molar-refractivity contribution in [2.75, 3.05) is 73.1 Å². The highest BCUT2D eigenvalue weighted by Gasteiger charge is 2.22. The van der Waals surface area contributed by atoms with Crippen LogP contribution in [-0.4, -0.2) is 98.4 Å². The molecule has 1 fully saturated rings. The average molecular weight is 300 g/mol. The summed E-state index contributed by atoms with van der Waals surface area (Å²) in [6.45, 7) is 13.6. The maximum Gasteiger partial charge on any atom is 0.0610 e. The van der Waals surface area contributed by atoms with Crippen LogP contribution in [-0.2, 0) is 0 Å². The van der Waals surface area contributed by atoms with Crippen molar-refractivity contribution in [1.29, 1.82) is 0 Å². The van der Waals surface area contributed by atoms with E-state index in [4.69, 9.17) is 0 Å². The van der Waals surface area contributed by atoms with Gasteiger partial charge in [-0.2, -0.15) is 0 Å². The van der Waals surface area contributed by atoms with Gasteiger partial charge in [0.05, 0.1) is 6.61 Å². The molecule has 0 aromatic carbocycles. The third-order valence-electron chi connectivity index (χ3n) is 4.48. The second-order valence-corrected chi connectivity index (χ2v) is 6.84. The lowest BCUT2D eigenvalue weighted by Crippen LogP contribution is -2.49. The molecule has 1 aliphatic heterocycles. The second-order valence-electron chi connectivity index (χ2n) is 6.84. The number of nitrogens with zero attached hydrogens (tertiary/aromatic N) is 3. The molecule has 2 N–H and O–H groups in total. The number of hydrogen-bond acceptors (Lipinski definition) is 5. The fourth-order valence-electron chi connectivity index (χ4n) is 2.92. The highest BCUT2D eigenvalue weighted by molar-refractivity contribution is 4.82. The first-order chi connectivity index (χ1) is 9.99. The van der Waals surface area contributed by atoms with Crippen molar-refractivity contribution in [3.63, 3.8) is 0 Å². The Morgan fingerprint density at radius 3 is 2.14 bits per heavy atom. The van der Waals surface area contributed by atoms with Gasteiger partial charge in [0.25, 0.3) is 0 Å². The first kappa shape index (κ1) is 18.8. The Kier molecular flexibility index (Phi) is 8.74. The van der Waals surface area contributed by atoms with Gasteiger partial charge < -0.3 is 20.2 Å². The Hall–Kier alpha value is -0.200. The van der Waals surface area contributed by atoms with E-state index in [1.165, 1.54) is 32.7 Å². The van der Waals surface area contributed by atoms with Crippen LogP contribution in [0.5, 0.6) is 0 Å². The maximum absolute atomic E-state index is 9.51. The van der Waals surface area contributed by atoms with Gasteiger partial charge >= 0.3 is 0 Å². The molecule has 5 nitrogen and oxygen atoms in total. The van der Waals surface area contributed by atoms with E-state index < -0.39 is 0 Å². The largest absolute Gasteiger partial charge is 0.394 e. The standard InChI is InChI=1S/C16H36N4O/c1-5-17-16(2,15-21)7-6-8-19-11-13-20(14-12-19)10-9-18(3)4/h17,21H,5-15H2,1-4H3. The third kappa shape index (κ3) is 7.56. The van der Waals surface area contributed by atoms with Crippen LogP contribution in [0.15, 0.2) is 0 Å². The predicted molar refractivity (Wildman–Crippen MR) is 89.8 cm³/mol. The zero-order valence-electron chi connectivity index (χ0n) is 14.6. The van der Waals surface area contributed by atoms with Crippen molar-refractivity contribution >= 4 is 0 Å². The Morgan fingerprint density at radius 1 is 1.10 bits per heavy atom. The van der Waals surface area contributed by atoms with Crippen molar-refractivity contribution in [2.45, 2.75) is 32.2 Å². The number of rotatable bonds is 10.